The van der Waals surface area contributed by atoms with E-state index in [1.807, 2.05) is 13.8 Å². The molecule has 1 aliphatic heterocycles. The summed E-state index contributed by atoms with van der Waals surface area (Å²) in [5.74, 6) is 0.713. The van der Waals surface area contributed by atoms with Crippen LogP contribution in [0.15, 0.2) is 19.0 Å². The number of nitrogens with one attached hydrogen (secondary N) is 1. The van der Waals surface area contributed by atoms with Crippen LogP contribution in [-0.2, 0) is 0 Å². The molecule has 1 N–H and O–H groups in total. The van der Waals surface area contributed by atoms with Gasteiger partial charge >= 0.3 is 0 Å². The maximum absolute atomic E-state index is 4.68. The second kappa shape index (κ2) is 8.31. The monoisotopic (exact) mass is 440 g/mol. The van der Waals surface area contributed by atoms with Gasteiger partial charge in [0, 0.05) is 0 Å². The molecule has 0 spiro atoms. The number of quaternary nitrogens is 1. The molecule has 0 amide bonds. The number of aryl methyl sites for hydroxylation is 2. The zero-order valence-electron chi connectivity index (χ0n) is 15.0. The van der Waals surface area contributed by atoms with Gasteiger partial charge in [-0.1, -0.05) is 22.7 Å². The second-order valence-corrected chi connectivity index (χ2v) is 10.8. The summed E-state index contributed by atoms with van der Waals surface area (Å²) in [5.41, 5.74) is 0. The number of piperazine rings is 1. The van der Waals surface area contributed by atoms with E-state index in [9.17, 15) is 0 Å². The predicted molar refractivity (Wildman–Crippen MR) is 106 cm³/mol. The molecule has 0 aromatic carbocycles. The van der Waals surface area contributed by atoms with Crippen LogP contribution < -0.4 is 9.80 Å². The summed E-state index contributed by atoms with van der Waals surface area (Å²) < 4.78 is 1.66. The summed E-state index contributed by atoms with van der Waals surface area (Å²) in [6, 6.07) is 0. The summed E-state index contributed by atoms with van der Waals surface area (Å²) in [6.45, 7) is 7.88. The molecule has 27 heavy (non-hydrogen) atoms. The van der Waals surface area contributed by atoms with E-state index in [1.165, 1.54) is 51.1 Å². The Balaban J connectivity index is 1.62. The van der Waals surface area contributed by atoms with E-state index in [-0.39, 0.29) is 0 Å². The maximum Gasteiger partial charge on any atom is 0.230 e. The highest BCUT2D eigenvalue weighted by Crippen LogP contribution is 2.32. The number of rotatable bonds is 5. The van der Waals surface area contributed by atoms with Gasteiger partial charge in [-0.25, -0.2) is 0 Å². The van der Waals surface area contributed by atoms with E-state index >= 15 is 0 Å². The minimum absolute atomic E-state index is 0.631. The Morgan fingerprint density at radius 1 is 0.815 bits per heavy atom. The van der Waals surface area contributed by atoms with Gasteiger partial charge in [0.1, 0.15) is 10.0 Å². The third-order valence-corrected chi connectivity index (χ3v) is 7.36. The molecule has 0 saturated carbocycles. The van der Waals surface area contributed by atoms with Crippen molar-refractivity contribution < 1.29 is 4.90 Å². The quantitative estimate of drug-likeness (QED) is 0.614. The van der Waals surface area contributed by atoms with E-state index in [4.69, 9.17) is 0 Å². The lowest BCUT2D eigenvalue weighted by Gasteiger charge is -2.30. The Kier molecular flexibility index (Phi) is 5.82. The molecule has 142 valence electrons. The van der Waals surface area contributed by atoms with E-state index in [1.54, 1.807) is 0 Å². The standard InChI is InChI=1S/C14H17N9S4/c1-8-18-20-13(24-8)26-11-15-10(23-6-4-22(3)5-7-23)16-12(17-11)27-14-21-19-9(2)25-14/h4-7H2,1-3H3/p+1. The number of hydrogen-bond acceptors (Lipinski definition) is 12. The van der Waals surface area contributed by atoms with Gasteiger partial charge in [0.15, 0.2) is 8.68 Å². The smallest absolute Gasteiger partial charge is 0.230 e. The fourth-order valence-corrected chi connectivity index (χ4v) is 5.83. The van der Waals surface area contributed by atoms with Crippen LogP contribution in [0.1, 0.15) is 10.0 Å². The van der Waals surface area contributed by atoms with Crippen LogP contribution in [0.2, 0.25) is 0 Å². The van der Waals surface area contributed by atoms with Gasteiger partial charge in [-0.3, -0.25) is 0 Å². The van der Waals surface area contributed by atoms with Gasteiger partial charge in [0.2, 0.25) is 16.3 Å². The maximum atomic E-state index is 4.68. The Hall–Kier alpha value is -1.41. The fourth-order valence-electron chi connectivity index (χ4n) is 2.44. The highest BCUT2D eigenvalue weighted by molar-refractivity contribution is 8.01. The van der Waals surface area contributed by atoms with Crippen LogP contribution in [-0.4, -0.2) is 68.6 Å². The molecule has 1 aliphatic rings. The zero-order valence-corrected chi connectivity index (χ0v) is 18.3. The molecule has 0 unspecified atom stereocenters. The number of aromatic nitrogens is 7. The summed E-state index contributed by atoms with van der Waals surface area (Å²) in [4.78, 5) is 17.7. The number of likely N-dealkylation sites (N-methyl/N-ethyl adjacent to an activating group) is 1. The molecule has 0 atom stereocenters. The molecule has 13 heteroatoms. The normalized spacial score (nSPS) is 15.4. The van der Waals surface area contributed by atoms with Crippen molar-refractivity contribution in [3.8, 4) is 0 Å². The van der Waals surface area contributed by atoms with Crippen LogP contribution in [0.25, 0.3) is 0 Å². The largest absolute Gasteiger partial charge is 0.334 e. The topological polar surface area (TPSA) is 97.9 Å². The van der Waals surface area contributed by atoms with Crippen molar-refractivity contribution in [1.29, 1.82) is 0 Å². The lowest BCUT2D eigenvalue weighted by atomic mass is 10.3. The first-order chi connectivity index (χ1) is 13.0. The Morgan fingerprint density at radius 2 is 1.33 bits per heavy atom. The molecular formula is C14H18N9S4+. The Bertz CT molecular complexity index is 858. The van der Waals surface area contributed by atoms with Gasteiger partial charge in [0.05, 0.1) is 33.2 Å². The summed E-state index contributed by atoms with van der Waals surface area (Å²) in [7, 11) is 2.21. The van der Waals surface area contributed by atoms with Gasteiger partial charge in [-0.05, 0) is 37.4 Å². The average Bonchev–Trinajstić information content (AvgIpc) is 3.23. The van der Waals surface area contributed by atoms with Crippen molar-refractivity contribution in [2.45, 2.75) is 32.8 Å². The minimum Gasteiger partial charge on any atom is -0.334 e. The van der Waals surface area contributed by atoms with Crippen molar-refractivity contribution >= 4 is 52.1 Å². The lowest BCUT2D eigenvalue weighted by Crippen LogP contribution is -3.12. The summed E-state index contributed by atoms with van der Waals surface area (Å²) in [5, 5.41) is 19.6. The number of hydrogen-bond donors (Lipinski definition) is 1. The number of nitrogens with zero attached hydrogens (tertiary/aromatic N) is 8. The Morgan fingerprint density at radius 3 is 1.78 bits per heavy atom. The lowest BCUT2D eigenvalue weighted by molar-refractivity contribution is -0.880. The average molecular weight is 441 g/mol. The fraction of sp³-hybridized carbons (Fsp3) is 0.500. The zero-order chi connectivity index (χ0) is 18.8. The highest BCUT2D eigenvalue weighted by Gasteiger charge is 2.22. The third kappa shape index (κ3) is 4.90. The molecule has 9 nitrogen and oxygen atoms in total. The van der Waals surface area contributed by atoms with E-state index in [0.29, 0.717) is 16.3 Å². The first kappa shape index (κ1) is 18.9. The SMILES string of the molecule is Cc1nnc(Sc2nc(Sc3nnc(C)s3)nc(N3CC[NH+](C)CC3)n2)s1. The van der Waals surface area contributed by atoms with Crippen LogP contribution in [0, 0.1) is 13.8 Å². The van der Waals surface area contributed by atoms with Crippen molar-refractivity contribution in [3.05, 3.63) is 10.0 Å². The summed E-state index contributed by atoms with van der Waals surface area (Å²) in [6.07, 6.45) is 0. The van der Waals surface area contributed by atoms with Crippen molar-refractivity contribution in [3.63, 3.8) is 0 Å². The van der Waals surface area contributed by atoms with Gasteiger partial charge in [0.25, 0.3) is 0 Å². The molecular weight excluding hydrogens is 422 g/mol. The van der Waals surface area contributed by atoms with E-state index < -0.39 is 0 Å². The first-order valence-electron chi connectivity index (χ1n) is 8.33. The van der Waals surface area contributed by atoms with Crippen molar-refractivity contribution in [2.75, 3.05) is 38.1 Å². The van der Waals surface area contributed by atoms with E-state index in [2.05, 4.69) is 47.3 Å². The first-order valence-corrected chi connectivity index (χ1v) is 11.6. The predicted octanol–water partition coefficient (Wildman–Crippen LogP) is 0.829. The van der Waals surface area contributed by atoms with Crippen LogP contribution >= 0.6 is 46.2 Å². The third-order valence-electron chi connectivity index (χ3n) is 3.85. The van der Waals surface area contributed by atoms with Gasteiger partial charge in [-0.15, -0.1) is 20.4 Å². The minimum atomic E-state index is 0.631. The molecule has 0 aliphatic carbocycles. The van der Waals surface area contributed by atoms with Crippen LogP contribution in [0.3, 0.4) is 0 Å². The molecule has 4 heterocycles. The van der Waals surface area contributed by atoms with Gasteiger partial charge in [-0.2, -0.15) is 15.0 Å². The number of anilines is 1. The molecule has 3 aromatic rings. The van der Waals surface area contributed by atoms with Crippen molar-refractivity contribution in [2.24, 2.45) is 0 Å². The second-order valence-electron chi connectivity index (χ2n) is 6.02. The molecule has 3 aromatic heterocycles. The van der Waals surface area contributed by atoms with Crippen molar-refractivity contribution in [1.82, 2.24) is 35.3 Å². The highest BCUT2D eigenvalue weighted by atomic mass is 32.2. The molecule has 0 bridgehead atoms. The molecule has 1 fully saturated rings. The summed E-state index contributed by atoms with van der Waals surface area (Å²) >= 11 is 5.91. The molecule has 1 saturated heterocycles. The van der Waals surface area contributed by atoms with Crippen LogP contribution in [0.5, 0.6) is 0 Å². The van der Waals surface area contributed by atoms with E-state index in [0.717, 1.165) is 44.9 Å². The molecule has 0 radical (unpaired) electrons. The van der Waals surface area contributed by atoms with Crippen LogP contribution in [0.4, 0.5) is 5.95 Å². The molecule has 4 rings (SSSR count). The Labute approximate surface area is 173 Å². The van der Waals surface area contributed by atoms with Gasteiger partial charge < -0.3 is 9.80 Å².